The predicted molar refractivity (Wildman–Crippen MR) is 80.5 cm³/mol. The fourth-order valence-corrected chi connectivity index (χ4v) is 2.80. The summed E-state index contributed by atoms with van der Waals surface area (Å²) in [5.74, 6) is 0.979. The van der Waals surface area contributed by atoms with E-state index in [-0.39, 0.29) is 0 Å². The van der Waals surface area contributed by atoms with E-state index in [2.05, 4.69) is 50.4 Å². The Morgan fingerprint density at radius 1 is 1.26 bits per heavy atom. The van der Waals surface area contributed by atoms with Gasteiger partial charge in [0.2, 0.25) is 0 Å². The Labute approximate surface area is 117 Å². The van der Waals surface area contributed by atoms with Crippen molar-refractivity contribution in [2.75, 3.05) is 6.61 Å². The first kappa shape index (κ1) is 14.4. The van der Waals surface area contributed by atoms with E-state index in [1.165, 1.54) is 24.8 Å². The SMILES string of the molecule is CCCOc1ccc(CNC2CCC(C)(C)C2)cc1. The van der Waals surface area contributed by atoms with E-state index >= 15 is 0 Å². The molecule has 0 amide bonds. The second-order valence-electron chi connectivity index (χ2n) is 6.48. The number of hydrogen-bond acceptors (Lipinski definition) is 2. The summed E-state index contributed by atoms with van der Waals surface area (Å²) in [5, 5.41) is 3.68. The monoisotopic (exact) mass is 261 g/mol. The number of ether oxygens (including phenoxy) is 1. The van der Waals surface area contributed by atoms with Crippen LogP contribution in [0.5, 0.6) is 5.75 Å². The molecule has 1 aliphatic carbocycles. The average Bonchev–Trinajstić information content (AvgIpc) is 2.75. The summed E-state index contributed by atoms with van der Waals surface area (Å²) < 4.78 is 5.59. The molecule has 0 spiro atoms. The topological polar surface area (TPSA) is 21.3 Å². The van der Waals surface area contributed by atoms with Crippen LogP contribution in [0, 0.1) is 5.41 Å². The van der Waals surface area contributed by atoms with Crippen molar-refractivity contribution in [1.82, 2.24) is 5.32 Å². The van der Waals surface area contributed by atoms with E-state index in [0.29, 0.717) is 11.5 Å². The zero-order valence-electron chi connectivity index (χ0n) is 12.5. The molecule has 1 aliphatic rings. The number of benzene rings is 1. The van der Waals surface area contributed by atoms with Crippen LogP contribution in [0.25, 0.3) is 0 Å². The Bertz CT molecular complexity index is 383. The van der Waals surface area contributed by atoms with Crippen LogP contribution in [-0.2, 0) is 6.54 Å². The van der Waals surface area contributed by atoms with Gasteiger partial charge in [-0.05, 0) is 48.8 Å². The van der Waals surface area contributed by atoms with Crippen molar-refractivity contribution in [3.63, 3.8) is 0 Å². The van der Waals surface area contributed by atoms with Crippen LogP contribution in [0.3, 0.4) is 0 Å². The summed E-state index contributed by atoms with van der Waals surface area (Å²) in [6, 6.07) is 9.16. The molecule has 0 aromatic heterocycles. The predicted octanol–water partition coefficient (Wildman–Crippen LogP) is 4.14. The lowest BCUT2D eigenvalue weighted by Gasteiger charge is -2.18. The molecule has 1 atom stereocenters. The maximum absolute atomic E-state index is 5.59. The van der Waals surface area contributed by atoms with Crippen molar-refractivity contribution in [2.45, 2.75) is 59.0 Å². The van der Waals surface area contributed by atoms with Crippen LogP contribution in [0.1, 0.15) is 52.0 Å². The third-order valence-corrected chi connectivity index (χ3v) is 3.96. The highest BCUT2D eigenvalue weighted by Crippen LogP contribution is 2.36. The molecule has 2 rings (SSSR count). The molecular formula is C17H27NO. The quantitative estimate of drug-likeness (QED) is 0.831. The smallest absolute Gasteiger partial charge is 0.119 e. The van der Waals surface area contributed by atoms with Crippen molar-refractivity contribution in [3.8, 4) is 5.75 Å². The Hall–Kier alpha value is -1.02. The summed E-state index contributed by atoms with van der Waals surface area (Å²) in [7, 11) is 0. The lowest BCUT2D eigenvalue weighted by atomic mass is 9.92. The van der Waals surface area contributed by atoms with Crippen LogP contribution in [0.15, 0.2) is 24.3 Å². The highest BCUT2D eigenvalue weighted by atomic mass is 16.5. The van der Waals surface area contributed by atoms with E-state index in [0.717, 1.165) is 25.3 Å². The molecule has 1 fully saturated rings. The van der Waals surface area contributed by atoms with Crippen LogP contribution in [-0.4, -0.2) is 12.6 Å². The van der Waals surface area contributed by atoms with E-state index in [1.807, 2.05) is 0 Å². The fourth-order valence-electron chi connectivity index (χ4n) is 2.80. The van der Waals surface area contributed by atoms with Crippen LogP contribution in [0.2, 0.25) is 0 Å². The van der Waals surface area contributed by atoms with Crippen molar-refractivity contribution in [1.29, 1.82) is 0 Å². The number of rotatable bonds is 6. The van der Waals surface area contributed by atoms with Crippen molar-refractivity contribution in [2.24, 2.45) is 5.41 Å². The molecule has 0 bridgehead atoms. The molecule has 1 aromatic rings. The van der Waals surface area contributed by atoms with E-state index in [9.17, 15) is 0 Å². The van der Waals surface area contributed by atoms with Crippen molar-refractivity contribution >= 4 is 0 Å². The van der Waals surface area contributed by atoms with E-state index in [1.54, 1.807) is 0 Å². The third kappa shape index (κ3) is 4.54. The Morgan fingerprint density at radius 2 is 2.00 bits per heavy atom. The molecule has 0 heterocycles. The maximum Gasteiger partial charge on any atom is 0.119 e. The normalized spacial score (nSPS) is 21.5. The molecule has 0 radical (unpaired) electrons. The van der Waals surface area contributed by atoms with Gasteiger partial charge in [0.05, 0.1) is 6.61 Å². The first-order valence-electron chi connectivity index (χ1n) is 7.54. The maximum atomic E-state index is 5.59. The van der Waals surface area contributed by atoms with Crippen molar-refractivity contribution < 1.29 is 4.74 Å². The molecule has 1 N–H and O–H groups in total. The largest absolute Gasteiger partial charge is 0.494 e. The third-order valence-electron chi connectivity index (χ3n) is 3.96. The van der Waals surface area contributed by atoms with Gasteiger partial charge in [0.25, 0.3) is 0 Å². The summed E-state index contributed by atoms with van der Waals surface area (Å²) in [5.41, 5.74) is 1.86. The van der Waals surface area contributed by atoms with Gasteiger partial charge in [-0.15, -0.1) is 0 Å². The summed E-state index contributed by atoms with van der Waals surface area (Å²) in [6.45, 7) is 8.63. The molecule has 1 unspecified atom stereocenters. The number of hydrogen-bond donors (Lipinski definition) is 1. The van der Waals surface area contributed by atoms with E-state index < -0.39 is 0 Å². The highest BCUT2D eigenvalue weighted by molar-refractivity contribution is 5.27. The van der Waals surface area contributed by atoms with Crippen molar-refractivity contribution in [3.05, 3.63) is 29.8 Å². The minimum absolute atomic E-state index is 0.523. The second kappa shape index (κ2) is 6.42. The van der Waals surface area contributed by atoms with Crippen LogP contribution in [0.4, 0.5) is 0 Å². The summed E-state index contributed by atoms with van der Waals surface area (Å²) >= 11 is 0. The number of nitrogens with one attached hydrogen (secondary N) is 1. The average molecular weight is 261 g/mol. The Morgan fingerprint density at radius 3 is 2.58 bits per heavy atom. The Kier molecular flexibility index (Phi) is 4.87. The summed E-state index contributed by atoms with van der Waals surface area (Å²) in [6.07, 6.45) is 5.00. The van der Waals surface area contributed by atoms with Gasteiger partial charge in [0, 0.05) is 12.6 Å². The minimum atomic E-state index is 0.523. The lowest BCUT2D eigenvalue weighted by molar-refractivity contribution is 0.317. The van der Waals surface area contributed by atoms with Gasteiger partial charge >= 0.3 is 0 Å². The molecule has 0 saturated heterocycles. The van der Waals surface area contributed by atoms with E-state index in [4.69, 9.17) is 4.74 Å². The zero-order valence-corrected chi connectivity index (χ0v) is 12.5. The molecule has 19 heavy (non-hydrogen) atoms. The molecule has 0 aliphatic heterocycles. The molecule has 1 saturated carbocycles. The van der Waals surface area contributed by atoms with Gasteiger partial charge in [0.1, 0.15) is 5.75 Å². The highest BCUT2D eigenvalue weighted by Gasteiger charge is 2.30. The van der Waals surface area contributed by atoms with Gasteiger partial charge in [-0.1, -0.05) is 32.9 Å². The minimum Gasteiger partial charge on any atom is -0.494 e. The van der Waals surface area contributed by atoms with Gasteiger partial charge < -0.3 is 10.1 Å². The molecule has 1 aromatic carbocycles. The standard InChI is InChI=1S/C17H27NO/c1-4-11-19-16-7-5-14(6-8-16)13-18-15-9-10-17(2,3)12-15/h5-8,15,18H,4,9-13H2,1-3H3. The summed E-state index contributed by atoms with van der Waals surface area (Å²) in [4.78, 5) is 0. The van der Waals surface area contributed by atoms with Crippen LogP contribution < -0.4 is 10.1 Å². The molecule has 2 nitrogen and oxygen atoms in total. The molecule has 106 valence electrons. The first-order chi connectivity index (χ1) is 9.09. The van der Waals surface area contributed by atoms with Gasteiger partial charge in [-0.3, -0.25) is 0 Å². The molecule has 2 heteroatoms. The Balaban J connectivity index is 1.77. The molecular weight excluding hydrogens is 234 g/mol. The first-order valence-corrected chi connectivity index (χ1v) is 7.54. The zero-order chi connectivity index (χ0) is 13.7. The van der Waals surface area contributed by atoms with Gasteiger partial charge in [-0.25, -0.2) is 0 Å². The van der Waals surface area contributed by atoms with Gasteiger partial charge in [0.15, 0.2) is 0 Å². The lowest BCUT2D eigenvalue weighted by Crippen LogP contribution is -2.26. The second-order valence-corrected chi connectivity index (χ2v) is 6.48. The van der Waals surface area contributed by atoms with Crippen LogP contribution >= 0.6 is 0 Å². The van der Waals surface area contributed by atoms with Gasteiger partial charge in [-0.2, -0.15) is 0 Å². The fraction of sp³-hybridized carbons (Fsp3) is 0.647.